The second-order valence-corrected chi connectivity index (χ2v) is 11.4. The maximum absolute atomic E-state index is 6.31. The maximum Gasteiger partial charge on any atom is 0.128 e. The summed E-state index contributed by atoms with van der Waals surface area (Å²) < 4.78 is 6.07. The number of allylic oxidation sites excluding steroid dienone is 2. The van der Waals surface area contributed by atoms with Gasteiger partial charge in [0.05, 0.1) is 11.7 Å². The van der Waals surface area contributed by atoms with E-state index in [-0.39, 0.29) is 6.04 Å². The van der Waals surface area contributed by atoms with Crippen LogP contribution in [0.15, 0.2) is 96.0 Å². The molecule has 1 aliphatic heterocycles. The van der Waals surface area contributed by atoms with Gasteiger partial charge in [0.2, 0.25) is 0 Å². The van der Waals surface area contributed by atoms with Gasteiger partial charge in [-0.25, -0.2) is 0 Å². The summed E-state index contributed by atoms with van der Waals surface area (Å²) in [6.07, 6.45) is 7.56. The van der Waals surface area contributed by atoms with Crippen LogP contribution < -0.4 is 10.1 Å². The topological polar surface area (TPSA) is 33.6 Å². The van der Waals surface area contributed by atoms with Crippen LogP contribution in [0.3, 0.4) is 0 Å². The Bertz CT molecular complexity index is 1580. The fourth-order valence-electron chi connectivity index (χ4n) is 5.50. The largest absolute Gasteiger partial charge is 0.488 e. The van der Waals surface area contributed by atoms with E-state index in [2.05, 4.69) is 66.9 Å². The van der Waals surface area contributed by atoms with E-state index < -0.39 is 0 Å². The van der Waals surface area contributed by atoms with Gasteiger partial charge in [0, 0.05) is 44.0 Å². The fraction of sp³-hybridized carbons (Fsp3) is 0.182. The van der Waals surface area contributed by atoms with Crippen molar-refractivity contribution < 1.29 is 4.74 Å². The first kappa shape index (κ1) is 26.0. The summed E-state index contributed by atoms with van der Waals surface area (Å²) in [5.41, 5.74) is 7.71. The van der Waals surface area contributed by atoms with Gasteiger partial charge in [0.25, 0.3) is 0 Å². The molecule has 0 bridgehead atoms. The smallest absolute Gasteiger partial charge is 0.128 e. The summed E-state index contributed by atoms with van der Waals surface area (Å²) in [6.45, 7) is 2.47. The molecular formula is C33H27Cl3N2O. The van der Waals surface area contributed by atoms with Crippen LogP contribution in [-0.2, 0) is 6.61 Å². The molecule has 0 saturated carbocycles. The van der Waals surface area contributed by atoms with Crippen LogP contribution in [0.1, 0.15) is 46.2 Å². The summed E-state index contributed by atoms with van der Waals surface area (Å²) in [4.78, 5) is 4.72. The third kappa shape index (κ3) is 5.58. The molecule has 0 saturated heterocycles. The molecule has 4 aromatic carbocycles. The summed E-state index contributed by atoms with van der Waals surface area (Å²) in [5.74, 6) is 1.63. The zero-order chi connectivity index (χ0) is 26.9. The van der Waals surface area contributed by atoms with Gasteiger partial charge in [-0.1, -0.05) is 82.9 Å². The zero-order valence-electron chi connectivity index (χ0n) is 21.4. The Hall–Kier alpha value is -3.24. The van der Waals surface area contributed by atoms with Crippen molar-refractivity contribution in [1.29, 1.82) is 0 Å². The van der Waals surface area contributed by atoms with Gasteiger partial charge < -0.3 is 10.1 Å². The van der Waals surface area contributed by atoms with E-state index >= 15 is 0 Å². The van der Waals surface area contributed by atoms with Crippen LogP contribution >= 0.6 is 34.8 Å². The van der Waals surface area contributed by atoms with Crippen LogP contribution in [0.2, 0.25) is 15.1 Å². The van der Waals surface area contributed by atoms with Gasteiger partial charge in [0.1, 0.15) is 12.4 Å². The van der Waals surface area contributed by atoms with E-state index in [9.17, 15) is 0 Å². The molecule has 3 atom stereocenters. The molecule has 4 aromatic rings. The van der Waals surface area contributed by atoms with E-state index in [0.717, 1.165) is 23.2 Å². The highest BCUT2D eigenvalue weighted by Gasteiger charge is 2.37. The molecule has 0 spiro atoms. The minimum atomic E-state index is 0.255. The van der Waals surface area contributed by atoms with Gasteiger partial charge in [-0.05, 0) is 78.9 Å². The summed E-state index contributed by atoms with van der Waals surface area (Å²) in [7, 11) is 0. The lowest BCUT2D eigenvalue weighted by molar-refractivity contribution is 0.306. The van der Waals surface area contributed by atoms with Crippen molar-refractivity contribution in [1.82, 2.24) is 0 Å². The average Bonchev–Trinajstić information content (AvgIpc) is 3.43. The van der Waals surface area contributed by atoms with Crippen molar-refractivity contribution in [3.8, 4) is 5.75 Å². The molecule has 2 aliphatic rings. The van der Waals surface area contributed by atoms with Crippen molar-refractivity contribution in [2.45, 2.75) is 31.9 Å². The number of nitrogens with one attached hydrogen (secondary N) is 1. The molecular weight excluding hydrogens is 547 g/mol. The predicted molar refractivity (Wildman–Crippen MR) is 163 cm³/mol. The van der Waals surface area contributed by atoms with Gasteiger partial charge in [-0.15, -0.1) is 0 Å². The SMILES string of the molecule is Cc1ccc2c(c1)[C@@H]1C=CC[C@H]1[C@H](c1ccc(N=Cc3cc(Cl)ccc3OCc3ccc(Cl)cc3Cl)cc1)N2. The van der Waals surface area contributed by atoms with Gasteiger partial charge >= 0.3 is 0 Å². The molecule has 1 N–H and O–H groups in total. The minimum Gasteiger partial charge on any atom is -0.488 e. The second-order valence-electron chi connectivity index (χ2n) is 10.1. The molecule has 6 heteroatoms. The number of aryl methyl sites for hydroxylation is 1. The Morgan fingerprint density at radius 1 is 0.923 bits per heavy atom. The van der Waals surface area contributed by atoms with E-state index in [1.165, 1.54) is 22.4 Å². The fourth-order valence-corrected chi connectivity index (χ4v) is 6.15. The monoisotopic (exact) mass is 572 g/mol. The minimum absolute atomic E-state index is 0.255. The van der Waals surface area contributed by atoms with Crippen LogP contribution in [-0.4, -0.2) is 6.21 Å². The molecule has 0 amide bonds. The number of hydrogen-bond donors (Lipinski definition) is 1. The van der Waals surface area contributed by atoms with Crippen LogP contribution in [0.5, 0.6) is 5.75 Å². The normalized spacial score (nSPS) is 19.5. The average molecular weight is 574 g/mol. The van der Waals surface area contributed by atoms with Crippen molar-refractivity contribution in [2.24, 2.45) is 10.9 Å². The lowest BCUT2D eigenvalue weighted by atomic mass is 9.76. The number of anilines is 1. The molecule has 6 rings (SSSR count). The van der Waals surface area contributed by atoms with E-state index in [1.807, 2.05) is 18.2 Å². The molecule has 0 fully saturated rings. The van der Waals surface area contributed by atoms with Crippen LogP contribution in [0, 0.1) is 12.8 Å². The van der Waals surface area contributed by atoms with Gasteiger partial charge in [-0.2, -0.15) is 0 Å². The highest BCUT2D eigenvalue weighted by Crippen LogP contribution is 2.50. The number of aliphatic imine (C=N–C) groups is 1. The molecule has 1 aliphatic carbocycles. The molecule has 39 heavy (non-hydrogen) atoms. The summed E-state index contributed by atoms with van der Waals surface area (Å²) in [6, 6.07) is 26.3. The van der Waals surface area contributed by atoms with E-state index in [0.29, 0.717) is 39.3 Å². The number of hydrogen-bond acceptors (Lipinski definition) is 3. The molecule has 0 aromatic heterocycles. The Balaban J connectivity index is 1.19. The van der Waals surface area contributed by atoms with Crippen molar-refractivity contribution in [2.75, 3.05) is 5.32 Å². The number of ether oxygens (including phenoxy) is 1. The van der Waals surface area contributed by atoms with Gasteiger partial charge in [-0.3, -0.25) is 4.99 Å². The first-order valence-electron chi connectivity index (χ1n) is 13.0. The molecule has 0 unspecified atom stereocenters. The quantitative estimate of drug-likeness (QED) is 0.184. The highest BCUT2D eigenvalue weighted by molar-refractivity contribution is 6.35. The lowest BCUT2D eigenvalue weighted by Crippen LogP contribution is -2.29. The van der Waals surface area contributed by atoms with E-state index in [1.54, 1.807) is 24.4 Å². The third-order valence-corrected chi connectivity index (χ3v) is 8.32. The molecule has 0 radical (unpaired) electrons. The van der Waals surface area contributed by atoms with Crippen molar-refractivity contribution >= 4 is 52.4 Å². The van der Waals surface area contributed by atoms with Crippen molar-refractivity contribution in [3.05, 3.63) is 134 Å². The third-order valence-electron chi connectivity index (χ3n) is 7.49. The predicted octanol–water partition coefficient (Wildman–Crippen LogP) is 10.1. The number of fused-ring (bicyclic) bond motifs is 3. The van der Waals surface area contributed by atoms with Gasteiger partial charge in [0.15, 0.2) is 0 Å². The zero-order valence-corrected chi connectivity index (χ0v) is 23.6. The first-order chi connectivity index (χ1) is 18.9. The van der Waals surface area contributed by atoms with Crippen LogP contribution in [0.25, 0.3) is 0 Å². The standard InChI is InChI=1S/C33H27Cl3N2O/c1-20-5-13-31-29(15-20)27-3-2-4-28(27)33(38-31)21-7-11-26(12-8-21)37-18-23-16-24(34)10-14-32(23)39-19-22-6-9-25(35)17-30(22)36/h2-3,5-18,27-28,33,38H,4,19H2,1H3/t27-,28-,33+/m1/s1. The Morgan fingerprint density at radius 2 is 1.72 bits per heavy atom. The Labute approximate surface area is 244 Å². The number of benzene rings is 4. The highest BCUT2D eigenvalue weighted by atomic mass is 35.5. The van der Waals surface area contributed by atoms with Crippen LogP contribution in [0.4, 0.5) is 11.4 Å². The summed E-state index contributed by atoms with van der Waals surface area (Å²) in [5, 5.41) is 5.58. The number of halogens is 3. The molecule has 196 valence electrons. The Kier molecular flexibility index (Phi) is 7.40. The Morgan fingerprint density at radius 3 is 2.54 bits per heavy atom. The van der Waals surface area contributed by atoms with E-state index in [4.69, 9.17) is 44.5 Å². The maximum atomic E-state index is 6.31. The first-order valence-corrected chi connectivity index (χ1v) is 14.1. The second kappa shape index (κ2) is 11.1. The lowest BCUT2D eigenvalue weighted by Gasteiger charge is -2.37. The number of rotatable bonds is 6. The molecule has 1 heterocycles. The summed E-state index contributed by atoms with van der Waals surface area (Å²) >= 11 is 18.6. The number of nitrogens with zero attached hydrogens (tertiary/aromatic N) is 1. The van der Waals surface area contributed by atoms with Crippen molar-refractivity contribution in [3.63, 3.8) is 0 Å². The molecule has 3 nitrogen and oxygen atoms in total.